The summed E-state index contributed by atoms with van der Waals surface area (Å²) in [6, 6.07) is 18.1. The Morgan fingerprint density at radius 2 is 1.71 bits per heavy atom. The molecule has 0 spiro atoms. The van der Waals surface area contributed by atoms with Gasteiger partial charge >= 0.3 is 5.97 Å². The number of benzene rings is 3. The molecule has 0 atom stereocenters. The number of hydrogen-bond donors (Lipinski definition) is 0. The Morgan fingerprint density at radius 1 is 0.893 bits per heavy atom. The highest BCUT2D eigenvalue weighted by Crippen LogP contribution is 2.28. The zero-order chi connectivity index (χ0) is 19.7. The van der Waals surface area contributed by atoms with Gasteiger partial charge in [-0.2, -0.15) is 0 Å². The first kappa shape index (κ1) is 18.3. The van der Waals surface area contributed by atoms with Crippen molar-refractivity contribution < 1.29 is 13.9 Å². The van der Waals surface area contributed by atoms with Crippen LogP contribution in [0.3, 0.4) is 0 Å². The Hall–Kier alpha value is -3.08. The van der Waals surface area contributed by atoms with E-state index in [9.17, 15) is 9.59 Å². The molecule has 0 aliphatic carbocycles. The standard InChI is InChI=1S/C22H12Cl2O4/c23-14-5-3-4-13(10-14)22(26)28-15-8-9-17-20(11-15)27-12-18(21(17)25)16-6-1-2-7-19(16)24/h1-12H. The Labute approximate surface area is 169 Å². The lowest BCUT2D eigenvalue weighted by atomic mass is 10.1. The van der Waals surface area contributed by atoms with Crippen LogP contribution in [0.25, 0.3) is 22.1 Å². The maximum Gasteiger partial charge on any atom is 0.343 e. The number of carbonyl (C=O) groups excluding carboxylic acids is 1. The smallest absolute Gasteiger partial charge is 0.343 e. The number of hydrogen-bond acceptors (Lipinski definition) is 4. The van der Waals surface area contributed by atoms with Gasteiger partial charge in [0, 0.05) is 21.7 Å². The molecular formula is C22H12Cl2O4. The SMILES string of the molecule is O=C(Oc1ccc2c(=O)c(-c3ccccc3Cl)coc2c1)c1cccc(Cl)c1. The Morgan fingerprint density at radius 3 is 2.50 bits per heavy atom. The zero-order valence-electron chi connectivity index (χ0n) is 14.3. The molecule has 0 unspecified atom stereocenters. The van der Waals surface area contributed by atoms with Gasteiger partial charge in [0.2, 0.25) is 5.43 Å². The summed E-state index contributed by atoms with van der Waals surface area (Å²) in [4.78, 5) is 25.1. The summed E-state index contributed by atoms with van der Waals surface area (Å²) in [5, 5.41) is 1.26. The van der Waals surface area contributed by atoms with E-state index in [1.807, 2.05) is 0 Å². The summed E-state index contributed by atoms with van der Waals surface area (Å²) >= 11 is 12.1. The number of rotatable bonds is 3. The van der Waals surface area contributed by atoms with Crippen molar-refractivity contribution in [2.24, 2.45) is 0 Å². The van der Waals surface area contributed by atoms with Gasteiger partial charge in [0.1, 0.15) is 17.6 Å². The van der Waals surface area contributed by atoms with Gasteiger partial charge in [-0.1, -0.05) is 47.5 Å². The normalized spacial score (nSPS) is 10.8. The average molecular weight is 411 g/mol. The van der Waals surface area contributed by atoms with E-state index >= 15 is 0 Å². The molecule has 0 saturated heterocycles. The van der Waals surface area contributed by atoms with Crippen molar-refractivity contribution in [2.45, 2.75) is 0 Å². The second-order valence-corrected chi connectivity index (χ2v) is 6.86. The third-order valence-corrected chi connectivity index (χ3v) is 4.75. The van der Waals surface area contributed by atoms with E-state index in [4.69, 9.17) is 32.4 Å². The molecule has 0 N–H and O–H groups in total. The molecule has 1 aromatic heterocycles. The highest BCUT2D eigenvalue weighted by atomic mass is 35.5. The van der Waals surface area contributed by atoms with Crippen LogP contribution in [0.15, 0.2) is 82.2 Å². The van der Waals surface area contributed by atoms with Gasteiger partial charge in [-0.05, 0) is 36.4 Å². The minimum absolute atomic E-state index is 0.220. The molecule has 28 heavy (non-hydrogen) atoms. The fourth-order valence-electron chi connectivity index (χ4n) is 2.82. The first-order valence-electron chi connectivity index (χ1n) is 8.31. The summed E-state index contributed by atoms with van der Waals surface area (Å²) in [6.45, 7) is 0. The summed E-state index contributed by atoms with van der Waals surface area (Å²) in [5.41, 5.74) is 1.36. The molecule has 0 aliphatic heterocycles. The molecule has 138 valence electrons. The molecule has 6 heteroatoms. The maximum absolute atomic E-state index is 12.8. The average Bonchev–Trinajstić information content (AvgIpc) is 2.69. The Balaban J connectivity index is 1.69. The minimum atomic E-state index is -0.558. The third-order valence-electron chi connectivity index (χ3n) is 4.18. The summed E-state index contributed by atoms with van der Waals surface area (Å²) in [5.74, 6) is -0.303. The second kappa shape index (κ2) is 7.50. The minimum Gasteiger partial charge on any atom is -0.463 e. The van der Waals surface area contributed by atoms with Gasteiger partial charge in [-0.15, -0.1) is 0 Å². The largest absolute Gasteiger partial charge is 0.463 e. The summed E-state index contributed by atoms with van der Waals surface area (Å²) in [7, 11) is 0. The van der Waals surface area contributed by atoms with Crippen molar-refractivity contribution in [2.75, 3.05) is 0 Å². The van der Waals surface area contributed by atoms with E-state index in [-0.39, 0.29) is 11.2 Å². The lowest BCUT2D eigenvalue weighted by Crippen LogP contribution is -2.09. The lowest BCUT2D eigenvalue weighted by Gasteiger charge is -2.07. The number of esters is 1. The van der Waals surface area contributed by atoms with Crippen LogP contribution in [0.2, 0.25) is 10.0 Å². The quantitative estimate of drug-likeness (QED) is 0.307. The third kappa shape index (κ3) is 3.52. The molecule has 1 heterocycles. The molecule has 4 aromatic rings. The van der Waals surface area contributed by atoms with Gasteiger partial charge in [-0.25, -0.2) is 4.79 Å². The molecule has 4 nitrogen and oxygen atoms in total. The molecule has 0 bridgehead atoms. The van der Waals surface area contributed by atoms with Crippen molar-refractivity contribution in [3.63, 3.8) is 0 Å². The van der Waals surface area contributed by atoms with Crippen molar-refractivity contribution in [1.29, 1.82) is 0 Å². The topological polar surface area (TPSA) is 56.5 Å². The van der Waals surface area contributed by atoms with Crippen LogP contribution in [0, 0.1) is 0 Å². The van der Waals surface area contributed by atoms with E-state index in [2.05, 4.69) is 0 Å². The first-order chi connectivity index (χ1) is 13.5. The Bertz CT molecular complexity index is 1260. The van der Waals surface area contributed by atoms with Crippen LogP contribution in [-0.2, 0) is 0 Å². The molecular weight excluding hydrogens is 399 g/mol. The van der Waals surface area contributed by atoms with Gasteiger partial charge < -0.3 is 9.15 Å². The molecule has 0 aliphatic rings. The van der Waals surface area contributed by atoms with Crippen LogP contribution >= 0.6 is 23.2 Å². The molecule has 0 amide bonds. The number of fused-ring (bicyclic) bond motifs is 1. The van der Waals surface area contributed by atoms with Crippen LogP contribution in [-0.4, -0.2) is 5.97 Å². The summed E-state index contributed by atoms with van der Waals surface area (Å²) < 4.78 is 11.0. The molecule has 0 fully saturated rings. The van der Waals surface area contributed by atoms with Crippen LogP contribution in [0.1, 0.15) is 10.4 Å². The maximum atomic E-state index is 12.8. The van der Waals surface area contributed by atoms with Crippen LogP contribution < -0.4 is 10.2 Å². The molecule has 4 rings (SSSR count). The fraction of sp³-hybridized carbons (Fsp3) is 0. The van der Waals surface area contributed by atoms with E-state index in [0.717, 1.165) is 0 Å². The predicted molar refractivity (Wildman–Crippen MR) is 109 cm³/mol. The summed E-state index contributed by atoms with van der Waals surface area (Å²) in [6.07, 6.45) is 1.36. The van der Waals surface area contributed by atoms with Crippen molar-refractivity contribution >= 4 is 40.1 Å². The number of halogens is 2. The predicted octanol–water partition coefficient (Wildman–Crippen LogP) is 5.99. The molecule has 3 aromatic carbocycles. The van der Waals surface area contributed by atoms with Crippen LogP contribution in [0.4, 0.5) is 0 Å². The highest BCUT2D eigenvalue weighted by molar-refractivity contribution is 6.33. The van der Waals surface area contributed by atoms with Crippen molar-refractivity contribution in [3.8, 4) is 16.9 Å². The van der Waals surface area contributed by atoms with E-state index in [1.54, 1.807) is 48.5 Å². The van der Waals surface area contributed by atoms with E-state index in [0.29, 0.717) is 37.7 Å². The monoisotopic (exact) mass is 410 g/mol. The second-order valence-electron chi connectivity index (χ2n) is 6.02. The van der Waals surface area contributed by atoms with Crippen molar-refractivity contribution in [3.05, 3.63) is 98.8 Å². The van der Waals surface area contributed by atoms with Gasteiger partial charge in [0.05, 0.1) is 16.5 Å². The molecule has 0 radical (unpaired) electrons. The Kier molecular flexibility index (Phi) is 4.90. The van der Waals surface area contributed by atoms with E-state index < -0.39 is 5.97 Å². The van der Waals surface area contributed by atoms with Gasteiger partial charge in [0.15, 0.2) is 0 Å². The van der Waals surface area contributed by atoms with Crippen LogP contribution in [0.5, 0.6) is 5.75 Å². The first-order valence-corrected chi connectivity index (χ1v) is 9.07. The van der Waals surface area contributed by atoms with Gasteiger partial charge in [0.25, 0.3) is 0 Å². The van der Waals surface area contributed by atoms with Crippen molar-refractivity contribution in [1.82, 2.24) is 0 Å². The molecule has 0 saturated carbocycles. The number of carbonyl (C=O) groups is 1. The number of ether oxygens (including phenoxy) is 1. The lowest BCUT2D eigenvalue weighted by molar-refractivity contribution is 0.0735. The fourth-order valence-corrected chi connectivity index (χ4v) is 3.25. The highest BCUT2D eigenvalue weighted by Gasteiger charge is 2.14. The van der Waals surface area contributed by atoms with E-state index in [1.165, 1.54) is 24.5 Å². The zero-order valence-corrected chi connectivity index (χ0v) is 15.8. The van der Waals surface area contributed by atoms with Gasteiger partial charge in [-0.3, -0.25) is 4.79 Å².